The number of rotatable bonds is 8. The second-order valence-corrected chi connectivity index (χ2v) is 6.86. The van der Waals surface area contributed by atoms with E-state index in [1.807, 2.05) is 30.3 Å². The van der Waals surface area contributed by atoms with Crippen LogP contribution in [0.15, 0.2) is 30.3 Å². The summed E-state index contributed by atoms with van der Waals surface area (Å²) in [6.07, 6.45) is 0.688. The fourth-order valence-electron chi connectivity index (χ4n) is 3.19. The maximum absolute atomic E-state index is 12.6. The van der Waals surface area contributed by atoms with Crippen LogP contribution in [0.1, 0.15) is 18.1 Å². The molecule has 2 aromatic rings. The van der Waals surface area contributed by atoms with Gasteiger partial charge in [-0.15, -0.1) is 10.2 Å². The summed E-state index contributed by atoms with van der Waals surface area (Å²) in [6, 6.07) is 8.74. The zero-order valence-electron chi connectivity index (χ0n) is 16.1. The van der Waals surface area contributed by atoms with E-state index in [9.17, 15) is 14.7 Å². The minimum Gasteiger partial charge on any atom is -0.494 e. The first kappa shape index (κ1) is 19.8. The van der Waals surface area contributed by atoms with Crippen LogP contribution < -0.4 is 4.74 Å². The largest absolute Gasteiger partial charge is 0.494 e. The van der Waals surface area contributed by atoms with Crippen molar-refractivity contribution in [1.82, 2.24) is 24.6 Å². The van der Waals surface area contributed by atoms with Gasteiger partial charge in [0.2, 0.25) is 5.91 Å². The number of aromatic nitrogens is 3. The van der Waals surface area contributed by atoms with Crippen LogP contribution in [0.4, 0.5) is 0 Å². The molecule has 0 fully saturated rings. The molecule has 9 heteroatoms. The number of nitrogens with zero attached hydrogens (tertiary/aromatic N) is 5. The number of carboxylic acids is 1. The fraction of sp³-hybridized carbons (Fsp3) is 0.474. The van der Waals surface area contributed by atoms with Crippen molar-refractivity contribution in [3.05, 3.63) is 42.0 Å². The average molecular weight is 387 g/mol. The summed E-state index contributed by atoms with van der Waals surface area (Å²) in [5.41, 5.74) is 0. The first-order valence-electron chi connectivity index (χ1n) is 9.23. The molecule has 1 aromatic heterocycles. The van der Waals surface area contributed by atoms with Gasteiger partial charge in [-0.3, -0.25) is 14.5 Å². The van der Waals surface area contributed by atoms with Crippen LogP contribution in [0.25, 0.3) is 0 Å². The van der Waals surface area contributed by atoms with Gasteiger partial charge in [-0.1, -0.05) is 18.2 Å². The molecule has 1 N–H and O–H groups in total. The predicted octanol–water partition coefficient (Wildman–Crippen LogP) is 0.783. The summed E-state index contributed by atoms with van der Waals surface area (Å²) >= 11 is 0. The second-order valence-electron chi connectivity index (χ2n) is 6.86. The smallest absolute Gasteiger partial charge is 0.322 e. The molecule has 28 heavy (non-hydrogen) atoms. The van der Waals surface area contributed by atoms with E-state index in [-0.39, 0.29) is 25.5 Å². The van der Waals surface area contributed by atoms with Crippen LogP contribution in [0.5, 0.6) is 5.75 Å². The standard InChI is InChI=1S/C19H25N5O4/c1-14-20-21-17-12-23(16(19(26)27)11-24(14)17)13-18(25)22(2)9-6-10-28-15-7-4-3-5-8-15/h3-5,7-8,16H,6,9-13H2,1-2H3,(H,26,27). The molecule has 0 saturated carbocycles. The summed E-state index contributed by atoms with van der Waals surface area (Å²) in [4.78, 5) is 27.5. The molecule has 1 atom stereocenters. The number of carbonyl (C=O) groups is 2. The highest BCUT2D eigenvalue weighted by atomic mass is 16.5. The summed E-state index contributed by atoms with van der Waals surface area (Å²) in [7, 11) is 1.72. The third-order valence-electron chi connectivity index (χ3n) is 4.85. The maximum atomic E-state index is 12.6. The van der Waals surface area contributed by atoms with E-state index >= 15 is 0 Å². The highest BCUT2D eigenvalue weighted by Crippen LogP contribution is 2.18. The Bertz CT molecular complexity index is 823. The van der Waals surface area contributed by atoms with Crippen LogP contribution in [-0.4, -0.2) is 74.3 Å². The minimum absolute atomic E-state index is 0.0267. The first-order valence-corrected chi connectivity index (χ1v) is 9.23. The van der Waals surface area contributed by atoms with Gasteiger partial charge in [-0.05, 0) is 25.5 Å². The Kier molecular flexibility index (Phi) is 6.25. The lowest BCUT2D eigenvalue weighted by molar-refractivity contribution is -0.146. The van der Waals surface area contributed by atoms with Crippen molar-refractivity contribution in [3.8, 4) is 5.75 Å². The Hall–Kier alpha value is -2.94. The van der Waals surface area contributed by atoms with Crippen molar-refractivity contribution in [2.75, 3.05) is 26.7 Å². The highest BCUT2D eigenvalue weighted by Gasteiger charge is 2.34. The lowest BCUT2D eigenvalue weighted by Gasteiger charge is -2.33. The van der Waals surface area contributed by atoms with Gasteiger partial charge in [0.1, 0.15) is 23.4 Å². The number of ether oxygens (including phenoxy) is 1. The van der Waals surface area contributed by atoms with Gasteiger partial charge in [0.05, 0.1) is 26.2 Å². The average Bonchev–Trinajstić information content (AvgIpc) is 3.05. The number of carbonyl (C=O) groups excluding carboxylic acids is 1. The topological polar surface area (TPSA) is 101 Å². The number of hydrogen-bond acceptors (Lipinski definition) is 6. The van der Waals surface area contributed by atoms with Gasteiger partial charge >= 0.3 is 5.97 Å². The van der Waals surface area contributed by atoms with E-state index in [4.69, 9.17) is 4.74 Å². The third-order valence-corrected chi connectivity index (χ3v) is 4.85. The number of hydrogen-bond donors (Lipinski definition) is 1. The monoisotopic (exact) mass is 387 g/mol. The molecule has 1 unspecified atom stereocenters. The van der Waals surface area contributed by atoms with E-state index in [0.717, 1.165) is 5.75 Å². The molecule has 1 aliphatic rings. The van der Waals surface area contributed by atoms with E-state index in [2.05, 4.69) is 10.2 Å². The molecular weight excluding hydrogens is 362 g/mol. The molecule has 1 aromatic carbocycles. The molecule has 0 spiro atoms. The van der Waals surface area contributed by atoms with Gasteiger partial charge in [0, 0.05) is 13.6 Å². The van der Waals surface area contributed by atoms with Crippen molar-refractivity contribution < 1.29 is 19.4 Å². The van der Waals surface area contributed by atoms with Crippen molar-refractivity contribution in [2.24, 2.45) is 0 Å². The summed E-state index contributed by atoms with van der Waals surface area (Å²) in [6.45, 7) is 3.39. The number of aryl methyl sites for hydroxylation is 1. The Morgan fingerprint density at radius 3 is 2.75 bits per heavy atom. The zero-order valence-corrected chi connectivity index (χ0v) is 16.1. The van der Waals surface area contributed by atoms with Crippen molar-refractivity contribution in [3.63, 3.8) is 0 Å². The van der Waals surface area contributed by atoms with Crippen LogP contribution in [0, 0.1) is 6.92 Å². The second kappa shape index (κ2) is 8.83. The van der Waals surface area contributed by atoms with Crippen molar-refractivity contribution in [1.29, 1.82) is 0 Å². The number of carboxylic acid groups (broad SMARTS) is 1. The lowest BCUT2D eigenvalue weighted by atomic mass is 10.2. The van der Waals surface area contributed by atoms with Crippen LogP contribution in [0.2, 0.25) is 0 Å². The van der Waals surface area contributed by atoms with Gasteiger partial charge in [-0.2, -0.15) is 0 Å². The Labute approximate surface area is 163 Å². The summed E-state index contributed by atoms with van der Waals surface area (Å²) in [5, 5.41) is 17.6. The van der Waals surface area contributed by atoms with Crippen LogP contribution in [-0.2, 0) is 22.7 Å². The Morgan fingerprint density at radius 2 is 2.04 bits per heavy atom. The van der Waals surface area contributed by atoms with Gasteiger partial charge in [0.15, 0.2) is 0 Å². The molecule has 1 aliphatic heterocycles. The van der Waals surface area contributed by atoms with Crippen LogP contribution in [0.3, 0.4) is 0 Å². The van der Waals surface area contributed by atoms with Crippen LogP contribution >= 0.6 is 0 Å². The molecule has 9 nitrogen and oxygen atoms in total. The quantitative estimate of drug-likeness (QED) is 0.668. The zero-order chi connectivity index (χ0) is 20.1. The molecule has 3 rings (SSSR count). The molecule has 2 heterocycles. The number of aliphatic carboxylic acids is 1. The molecule has 150 valence electrons. The SMILES string of the molecule is Cc1nnc2n1CC(C(=O)O)N(CC(=O)N(C)CCCOc1ccccc1)C2. The Balaban J connectivity index is 1.50. The molecule has 0 aliphatic carbocycles. The number of benzene rings is 1. The normalized spacial score (nSPS) is 16.4. The number of para-hydroxylation sites is 1. The summed E-state index contributed by atoms with van der Waals surface area (Å²) < 4.78 is 7.43. The predicted molar refractivity (Wildman–Crippen MR) is 101 cm³/mol. The fourth-order valence-corrected chi connectivity index (χ4v) is 3.19. The molecule has 0 saturated heterocycles. The van der Waals surface area contributed by atoms with Crippen molar-refractivity contribution in [2.45, 2.75) is 32.5 Å². The first-order chi connectivity index (χ1) is 13.5. The van der Waals surface area contributed by atoms with Crippen molar-refractivity contribution >= 4 is 11.9 Å². The third kappa shape index (κ3) is 4.66. The van der Waals surface area contributed by atoms with E-state index in [1.165, 1.54) is 0 Å². The maximum Gasteiger partial charge on any atom is 0.322 e. The summed E-state index contributed by atoms with van der Waals surface area (Å²) in [5.74, 6) is 1.08. The van der Waals surface area contributed by atoms with Gasteiger partial charge < -0.3 is 19.3 Å². The highest BCUT2D eigenvalue weighted by molar-refractivity contribution is 5.80. The van der Waals surface area contributed by atoms with Gasteiger partial charge in [0.25, 0.3) is 0 Å². The van der Waals surface area contributed by atoms with Gasteiger partial charge in [-0.25, -0.2) is 0 Å². The molecule has 0 bridgehead atoms. The number of amides is 1. The van der Waals surface area contributed by atoms with E-state index < -0.39 is 12.0 Å². The minimum atomic E-state index is -0.953. The van der Waals surface area contributed by atoms with E-state index in [1.54, 1.807) is 28.3 Å². The molecule has 0 radical (unpaired) electrons. The molecule has 1 amide bonds. The lowest BCUT2D eigenvalue weighted by Crippen LogP contribution is -2.51. The molecular formula is C19H25N5O4. The number of likely N-dealkylation sites (N-methyl/N-ethyl adjacent to an activating group) is 1. The Morgan fingerprint density at radius 1 is 1.29 bits per heavy atom. The number of fused-ring (bicyclic) bond motifs is 1. The van der Waals surface area contributed by atoms with E-state index in [0.29, 0.717) is 31.2 Å².